The van der Waals surface area contributed by atoms with E-state index in [1.807, 2.05) is 0 Å². The monoisotopic (exact) mass is 512 g/mol. The Balaban J connectivity index is 1.54. The Bertz CT molecular complexity index is 933. The van der Waals surface area contributed by atoms with Crippen LogP contribution in [0, 0.1) is 56.7 Å². The summed E-state index contributed by atoms with van der Waals surface area (Å²) in [5.74, 6) is 2.91. The van der Waals surface area contributed by atoms with Crippen LogP contribution in [0.3, 0.4) is 0 Å². The molecule has 11 atom stereocenters. The van der Waals surface area contributed by atoms with Gasteiger partial charge in [0.2, 0.25) is 0 Å². The molecule has 0 spiro atoms. The van der Waals surface area contributed by atoms with Crippen LogP contribution in [0.1, 0.15) is 98.8 Å². The zero-order valence-electron chi connectivity index (χ0n) is 24.5. The Labute approximate surface area is 226 Å². The number of nitrogens with two attached hydrogens (primary N) is 1. The van der Waals surface area contributed by atoms with Crippen LogP contribution in [0.4, 0.5) is 0 Å². The lowest BCUT2D eigenvalue weighted by atomic mass is 9.32. The molecule has 0 amide bonds. The predicted octanol–water partition coefficient (Wildman–Crippen LogP) is 6.04. The lowest BCUT2D eigenvalue weighted by Gasteiger charge is -2.73. The molecule has 1 unspecified atom stereocenters. The van der Waals surface area contributed by atoms with Crippen molar-refractivity contribution in [3.8, 4) is 0 Å². The van der Waals surface area contributed by atoms with Gasteiger partial charge >= 0.3 is 0 Å². The number of allylic oxidation sites excluding steroid dienone is 2. The SMILES string of the molecule is C=C(C)[C@@H]1CC[C@]2(C(=C)NCCN)CC[C@]3(C)C(CC[C@@H]4[C@@]5(C)CC[C@H](O)[C@@](C)(CO)[C@@H]5CC[C@]43C)[C@@H]12. The van der Waals surface area contributed by atoms with Crippen molar-refractivity contribution in [3.63, 3.8) is 0 Å². The molecule has 0 aromatic carbocycles. The molecule has 5 N–H and O–H groups in total. The van der Waals surface area contributed by atoms with Crippen LogP contribution in [0.15, 0.2) is 24.4 Å². The summed E-state index contributed by atoms with van der Waals surface area (Å²) in [6, 6.07) is 0. The smallest absolute Gasteiger partial charge is 0.0618 e. The lowest BCUT2D eigenvalue weighted by molar-refractivity contribution is -0.252. The van der Waals surface area contributed by atoms with Gasteiger partial charge in [-0.2, -0.15) is 0 Å². The van der Waals surface area contributed by atoms with Gasteiger partial charge in [0.15, 0.2) is 0 Å². The molecular formula is C33H56N2O2. The molecule has 5 aliphatic rings. The van der Waals surface area contributed by atoms with Crippen LogP contribution in [-0.4, -0.2) is 36.0 Å². The summed E-state index contributed by atoms with van der Waals surface area (Å²) in [6.45, 7) is 23.0. The second kappa shape index (κ2) is 9.10. The molecule has 0 heterocycles. The van der Waals surface area contributed by atoms with Crippen molar-refractivity contribution < 1.29 is 10.2 Å². The molecule has 0 bridgehead atoms. The number of hydrogen-bond donors (Lipinski definition) is 4. The van der Waals surface area contributed by atoms with Crippen molar-refractivity contribution in [2.24, 2.45) is 62.4 Å². The summed E-state index contributed by atoms with van der Waals surface area (Å²) in [7, 11) is 0. The maximum Gasteiger partial charge on any atom is 0.0618 e. The average Bonchev–Trinajstić information content (AvgIpc) is 3.27. The van der Waals surface area contributed by atoms with Crippen molar-refractivity contribution in [2.75, 3.05) is 19.7 Å². The standard InChI is InChI=1S/C33H56N2O2/c1-21(2)23-10-15-33(22(3)35-19-18-34)17-16-31(6)24(28(23)33)8-9-26-29(4)13-12-27(37)30(5,20-36)25(29)11-14-32(26,31)7/h23-28,35-37H,1,3,8-20,34H2,2,4-7H3/t23-,24?,25+,26+,27-,28+,29-,30-,31+,32+,33+/m0/s1. The first kappa shape index (κ1) is 27.7. The first-order valence-corrected chi connectivity index (χ1v) is 15.4. The van der Waals surface area contributed by atoms with E-state index in [9.17, 15) is 10.2 Å². The minimum absolute atomic E-state index is 0.0978. The largest absolute Gasteiger partial charge is 0.396 e. The molecule has 5 saturated carbocycles. The highest BCUT2D eigenvalue weighted by atomic mass is 16.3. The highest BCUT2D eigenvalue weighted by molar-refractivity contribution is 5.27. The van der Waals surface area contributed by atoms with Gasteiger partial charge in [-0.3, -0.25) is 0 Å². The van der Waals surface area contributed by atoms with E-state index in [0.717, 1.165) is 25.8 Å². The van der Waals surface area contributed by atoms with E-state index in [1.165, 1.54) is 56.2 Å². The predicted molar refractivity (Wildman–Crippen MR) is 153 cm³/mol. The number of hydrogen-bond acceptors (Lipinski definition) is 4. The number of rotatable bonds is 6. The first-order chi connectivity index (χ1) is 17.4. The molecule has 5 fully saturated rings. The third kappa shape index (κ3) is 3.50. The van der Waals surface area contributed by atoms with Crippen molar-refractivity contribution in [1.82, 2.24) is 5.32 Å². The third-order valence-corrected chi connectivity index (χ3v) is 14.3. The molecule has 0 aliphatic heterocycles. The summed E-state index contributed by atoms with van der Waals surface area (Å²) in [4.78, 5) is 0. The molecule has 0 saturated heterocycles. The minimum Gasteiger partial charge on any atom is -0.396 e. The number of aliphatic hydroxyl groups excluding tert-OH is 2. The summed E-state index contributed by atoms with van der Waals surface area (Å²) < 4.78 is 0. The fourth-order valence-corrected chi connectivity index (χ4v) is 12.1. The van der Waals surface area contributed by atoms with Crippen LogP contribution in [0.2, 0.25) is 0 Å². The number of fused-ring (bicyclic) bond motifs is 7. The molecule has 37 heavy (non-hydrogen) atoms. The Morgan fingerprint density at radius 3 is 2.27 bits per heavy atom. The van der Waals surface area contributed by atoms with Gasteiger partial charge in [0.25, 0.3) is 0 Å². The molecule has 5 rings (SSSR count). The molecule has 0 aromatic rings. The van der Waals surface area contributed by atoms with Gasteiger partial charge in [-0.25, -0.2) is 0 Å². The van der Waals surface area contributed by atoms with Gasteiger partial charge in [0, 0.05) is 29.6 Å². The van der Waals surface area contributed by atoms with E-state index in [0.29, 0.717) is 36.1 Å². The quantitative estimate of drug-likeness (QED) is 0.327. The van der Waals surface area contributed by atoms with Gasteiger partial charge in [0.1, 0.15) is 0 Å². The van der Waals surface area contributed by atoms with E-state index in [2.05, 4.69) is 53.1 Å². The molecule has 4 nitrogen and oxygen atoms in total. The Hall–Kier alpha value is -0.840. The van der Waals surface area contributed by atoms with E-state index in [4.69, 9.17) is 5.73 Å². The van der Waals surface area contributed by atoms with Crippen molar-refractivity contribution >= 4 is 0 Å². The molecule has 0 radical (unpaired) electrons. The van der Waals surface area contributed by atoms with E-state index in [-0.39, 0.29) is 39.8 Å². The van der Waals surface area contributed by atoms with Crippen molar-refractivity contribution in [2.45, 2.75) is 105 Å². The summed E-state index contributed by atoms with van der Waals surface area (Å²) in [5.41, 5.74) is 9.04. The van der Waals surface area contributed by atoms with E-state index in [1.54, 1.807) is 0 Å². The average molecular weight is 513 g/mol. The van der Waals surface area contributed by atoms with Gasteiger partial charge in [0.05, 0.1) is 12.7 Å². The molecule has 5 aliphatic carbocycles. The Morgan fingerprint density at radius 1 is 0.892 bits per heavy atom. The molecule has 0 aromatic heterocycles. The van der Waals surface area contributed by atoms with Crippen LogP contribution in [0.25, 0.3) is 0 Å². The van der Waals surface area contributed by atoms with E-state index >= 15 is 0 Å². The topological polar surface area (TPSA) is 78.5 Å². The highest BCUT2D eigenvalue weighted by Gasteiger charge is 2.71. The van der Waals surface area contributed by atoms with Gasteiger partial charge in [-0.05, 0) is 117 Å². The second-order valence-corrected chi connectivity index (χ2v) is 15.3. The van der Waals surface area contributed by atoms with Gasteiger partial charge < -0.3 is 21.3 Å². The number of aliphatic hydroxyl groups is 2. The lowest BCUT2D eigenvalue weighted by Crippen LogP contribution is -2.67. The number of nitrogens with one attached hydrogen (secondary N) is 1. The zero-order valence-corrected chi connectivity index (χ0v) is 24.5. The normalized spacial score (nSPS) is 52.9. The Morgan fingerprint density at radius 2 is 1.62 bits per heavy atom. The second-order valence-electron chi connectivity index (χ2n) is 15.3. The van der Waals surface area contributed by atoms with E-state index < -0.39 is 0 Å². The summed E-state index contributed by atoms with van der Waals surface area (Å²) in [6.07, 6.45) is 11.4. The van der Waals surface area contributed by atoms with Crippen molar-refractivity contribution in [1.29, 1.82) is 0 Å². The van der Waals surface area contributed by atoms with Gasteiger partial charge in [-0.15, -0.1) is 0 Å². The highest BCUT2D eigenvalue weighted by Crippen LogP contribution is 2.78. The van der Waals surface area contributed by atoms with Crippen LogP contribution in [-0.2, 0) is 0 Å². The molecular weight excluding hydrogens is 456 g/mol. The maximum absolute atomic E-state index is 11.0. The fraction of sp³-hybridized carbons (Fsp3) is 0.879. The third-order valence-electron chi connectivity index (χ3n) is 14.3. The minimum atomic E-state index is -0.385. The fourth-order valence-electron chi connectivity index (χ4n) is 12.1. The first-order valence-electron chi connectivity index (χ1n) is 15.4. The Kier molecular flexibility index (Phi) is 6.81. The van der Waals surface area contributed by atoms with Crippen LogP contribution in [0.5, 0.6) is 0 Å². The van der Waals surface area contributed by atoms with Crippen molar-refractivity contribution in [3.05, 3.63) is 24.4 Å². The van der Waals surface area contributed by atoms with Gasteiger partial charge in [-0.1, -0.05) is 46.4 Å². The van der Waals surface area contributed by atoms with Crippen LogP contribution < -0.4 is 11.1 Å². The molecule has 4 heteroatoms. The van der Waals surface area contributed by atoms with Crippen LogP contribution >= 0.6 is 0 Å². The summed E-state index contributed by atoms with van der Waals surface area (Å²) in [5, 5.41) is 25.2. The molecule has 210 valence electrons. The maximum atomic E-state index is 11.0. The summed E-state index contributed by atoms with van der Waals surface area (Å²) >= 11 is 0. The zero-order chi connectivity index (χ0) is 27.0.